The van der Waals surface area contributed by atoms with Crippen molar-refractivity contribution in [3.8, 4) is 0 Å². The maximum absolute atomic E-state index is 12.1. The molecule has 0 bridgehead atoms. The standard InChI is InChI=1S/C14H19N3O3/c1-8-5-6-11(20-8)14(4,19)7-15-13(18)12-9(2)16-17-10(12)3/h5-6,19H,7H2,1-4H3,(H,15,18)(H,16,17). The van der Waals surface area contributed by atoms with E-state index >= 15 is 0 Å². The number of hydrogen-bond donors (Lipinski definition) is 3. The first-order valence-electron chi connectivity index (χ1n) is 6.40. The lowest BCUT2D eigenvalue weighted by Crippen LogP contribution is -2.38. The van der Waals surface area contributed by atoms with Gasteiger partial charge in [-0.2, -0.15) is 5.10 Å². The molecule has 0 spiro atoms. The lowest BCUT2D eigenvalue weighted by Gasteiger charge is -2.21. The highest BCUT2D eigenvalue weighted by Crippen LogP contribution is 2.22. The van der Waals surface area contributed by atoms with E-state index in [-0.39, 0.29) is 12.5 Å². The molecule has 1 unspecified atom stereocenters. The molecule has 1 atom stereocenters. The van der Waals surface area contributed by atoms with Crippen LogP contribution in [0.4, 0.5) is 0 Å². The number of aromatic nitrogens is 2. The van der Waals surface area contributed by atoms with Gasteiger partial charge in [0, 0.05) is 5.69 Å². The van der Waals surface area contributed by atoms with Gasteiger partial charge in [0.25, 0.3) is 5.91 Å². The Kier molecular flexibility index (Phi) is 3.67. The first-order valence-corrected chi connectivity index (χ1v) is 6.40. The number of aliphatic hydroxyl groups is 1. The average molecular weight is 277 g/mol. The summed E-state index contributed by atoms with van der Waals surface area (Å²) in [6, 6.07) is 3.48. The van der Waals surface area contributed by atoms with Crippen molar-refractivity contribution in [2.24, 2.45) is 0 Å². The summed E-state index contributed by atoms with van der Waals surface area (Å²) >= 11 is 0. The highest BCUT2D eigenvalue weighted by molar-refractivity contribution is 5.96. The van der Waals surface area contributed by atoms with Crippen LogP contribution >= 0.6 is 0 Å². The number of rotatable bonds is 4. The van der Waals surface area contributed by atoms with Crippen molar-refractivity contribution < 1.29 is 14.3 Å². The van der Waals surface area contributed by atoms with Crippen LogP contribution in [-0.4, -0.2) is 27.8 Å². The van der Waals surface area contributed by atoms with Crippen molar-refractivity contribution in [3.05, 3.63) is 40.6 Å². The molecule has 0 radical (unpaired) electrons. The van der Waals surface area contributed by atoms with Crippen LogP contribution in [0.1, 0.15) is 40.2 Å². The molecule has 6 nitrogen and oxygen atoms in total. The van der Waals surface area contributed by atoms with Gasteiger partial charge < -0.3 is 14.8 Å². The molecule has 0 aliphatic carbocycles. The van der Waals surface area contributed by atoms with Gasteiger partial charge in [-0.25, -0.2) is 0 Å². The third-order valence-corrected chi connectivity index (χ3v) is 3.22. The van der Waals surface area contributed by atoms with E-state index in [4.69, 9.17) is 4.42 Å². The predicted octanol–water partition coefficient (Wildman–Crippen LogP) is 1.57. The van der Waals surface area contributed by atoms with Crippen LogP contribution in [-0.2, 0) is 5.60 Å². The second kappa shape index (κ2) is 5.13. The fourth-order valence-corrected chi connectivity index (χ4v) is 2.04. The van der Waals surface area contributed by atoms with E-state index in [1.54, 1.807) is 39.8 Å². The van der Waals surface area contributed by atoms with Gasteiger partial charge in [-0.05, 0) is 39.8 Å². The van der Waals surface area contributed by atoms with E-state index in [0.717, 1.165) is 0 Å². The largest absolute Gasteiger partial charge is 0.463 e. The zero-order chi connectivity index (χ0) is 14.9. The molecule has 2 aromatic heterocycles. The Balaban J connectivity index is 2.07. The molecule has 3 N–H and O–H groups in total. The molecular weight excluding hydrogens is 258 g/mol. The molecule has 108 valence electrons. The highest BCUT2D eigenvalue weighted by Gasteiger charge is 2.28. The first kappa shape index (κ1) is 14.3. The lowest BCUT2D eigenvalue weighted by atomic mass is 10.0. The normalized spacial score (nSPS) is 14.1. The Bertz CT molecular complexity index is 606. The summed E-state index contributed by atoms with van der Waals surface area (Å²) in [5, 5.41) is 19.8. The van der Waals surface area contributed by atoms with Gasteiger partial charge in [-0.3, -0.25) is 9.89 Å². The lowest BCUT2D eigenvalue weighted by molar-refractivity contribution is 0.0323. The van der Waals surface area contributed by atoms with Crippen molar-refractivity contribution in [1.82, 2.24) is 15.5 Å². The number of carbonyl (C=O) groups excluding carboxylic acids is 1. The third-order valence-electron chi connectivity index (χ3n) is 3.22. The molecule has 0 aromatic carbocycles. The predicted molar refractivity (Wildman–Crippen MR) is 73.4 cm³/mol. The summed E-state index contributed by atoms with van der Waals surface area (Å²) in [6.45, 7) is 7.00. The van der Waals surface area contributed by atoms with Gasteiger partial charge in [-0.15, -0.1) is 0 Å². The fraction of sp³-hybridized carbons (Fsp3) is 0.429. The second-order valence-corrected chi connectivity index (χ2v) is 5.18. The number of aryl methyl sites for hydroxylation is 3. The second-order valence-electron chi connectivity index (χ2n) is 5.18. The van der Waals surface area contributed by atoms with Gasteiger partial charge in [0.2, 0.25) is 0 Å². The van der Waals surface area contributed by atoms with Gasteiger partial charge in [0.05, 0.1) is 17.8 Å². The molecule has 2 aromatic rings. The van der Waals surface area contributed by atoms with Crippen LogP contribution in [0.5, 0.6) is 0 Å². The zero-order valence-corrected chi connectivity index (χ0v) is 12.1. The van der Waals surface area contributed by atoms with E-state index < -0.39 is 5.60 Å². The smallest absolute Gasteiger partial charge is 0.255 e. The number of nitrogens with zero attached hydrogens (tertiary/aromatic N) is 1. The maximum atomic E-state index is 12.1. The number of H-pyrrole nitrogens is 1. The minimum Gasteiger partial charge on any atom is -0.463 e. The van der Waals surface area contributed by atoms with E-state index in [9.17, 15) is 9.90 Å². The number of nitrogens with one attached hydrogen (secondary N) is 2. The Hall–Kier alpha value is -2.08. The highest BCUT2D eigenvalue weighted by atomic mass is 16.4. The number of amides is 1. The number of furan rings is 1. The minimum absolute atomic E-state index is 0.0584. The van der Waals surface area contributed by atoms with Crippen molar-refractivity contribution in [2.75, 3.05) is 6.54 Å². The summed E-state index contributed by atoms with van der Waals surface area (Å²) < 4.78 is 5.40. The molecule has 2 rings (SSSR count). The van der Waals surface area contributed by atoms with Crippen LogP contribution < -0.4 is 5.32 Å². The van der Waals surface area contributed by atoms with Gasteiger partial charge in [0.1, 0.15) is 17.1 Å². The summed E-state index contributed by atoms with van der Waals surface area (Å²) in [5.41, 5.74) is 0.591. The Labute approximate surface area is 117 Å². The number of carbonyl (C=O) groups is 1. The van der Waals surface area contributed by atoms with E-state index in [1.807, 2.05) is 0 Å². The van der Waals surface area contributed by atoms with Crippen LogP contribution in [0.2, 0.25) is 0 Å². The molecule has 6 heteroatoms. The third kappa shape index (κ3) is 2.75. The monoisotopic (exact) mass is 277 g/mol. The average Bonchev–Trinajstić information content (AvgIpc) is 2.94. The SMILES string of the molecule is Cc1ccc(C(C)(O)CNC(=O)c2c(C)n[nH]c2C)o1. The first-order chi connectivity index (χ1) is 9.31. The Morgan fingerprint density at radius 3 is 2.65 bits per heavy atom. The molecular formula is C14H19N3O3. The summed E-state index contributed by atoms with van der Waals surface area (Å²) in [6.07, 6.45) is 0. The Morgan fingerprint density at radius 1 is 1.45 bits per heavy atom. The van der Waals surface area contributed by atoms with Crippen LogP contribution in [0, 0.1) is 20.8 Å². The molecule has 2 heterocycles. The van der Waals surface area contributed by atoms with Crippen molar-refractivity contribution in [3.63, 3.8) is 0 Å². The van der Waals surface area contributed by atoms with E-state index in [0.29, 0.717) is 28.5 Å². The molecule has 0 saturated carbocycles. The maximum Gasteiger partial charge on any atom is 0.255 e. The molecule has 20 heavy (non-hydrogen) atoms. The van der Waals surface area contributed by atoms with Crippen molar-refractivity contribution >= 4 is 5.91 Å². The molecule has 1 amide bonds. The van der Waals surface area contributed by atoms with Gasteiger partial charge in [0.15, 0.2) is 0 Å². The van der Waals surface area contributed by atoms with Gasteiger partial charge >= 0.3 is 0 Å². The van der Waals surface area contributed by atoms with Crippen molar-refractivity contribution in [1.29, 1.82) is 0 Å². The van der Waals surface area contributed by atoms with Crippen LogP contribution in [0.15, 0.2) is 16.5 Å². The number of aromatic amines is 1. The van der Waals surface area contributed by atoms with Crippen LogP contribution in [0.3, 0.4) is 0 Å². The molecule has 0 aliphatic heterocycles. The van der Waals surface area contributed by atoms with E-state index in [1.165, 1.54) is 0 Å². The Morgan fingerprint density at radius 2 is 2.15 bits per heavy atom. The summed E-state index contributed by atoms with van der Waals surface area (Å²) in [4.78, 5) is 12.1. The summed E-state index contributed by atoms with van der Waals surface area (Å²) in [7, 11) is 0. The summed E-state index contributed by atoms with van der Waals surface area (Å²) in [5.74, 6) is 0.876. The topological polar surface area (TPSA) is 91.1 Å². The molecule has 0 aliphatic rings. The molecule has 0 saturated heterocycles. The quantitative estimate of drug-likeness (QED) is 0.791. The molecule has 0 fully saturated rings. The number of hydrogen-bond acceptors (Lipinski definition) is 4. The van der Waals surface area contributed by atoms with E-state index in [2.05, 4.69) is 15.5 Å². The fourth-order valence-electron chi connectivity index (χ4n) is 2.04. The van der Waals surface area contributed by atoms with Crippen molar-refractivity contribution in [2.45, 2.75) is 33.3 Å². The van der Waals surface area contributed by atoms with Crippen LogP contribution in [0.25, 0.3) is 0 Å². The zero-order valence-electron chi connectivity index (χ0n) is 12.1. The van der Waals surface area contributed by atoms with Gasteiger partial charge in [-0.1, -0.05) is 0 Å². The minimum atomic E-state index is -1.25.